The van der Waals surface area contributed by atoms with Gasteiger partial charge in [0, 0.05) is 5.02 Å². The minimum absolute atomic E-state index is 0.00167. The van der Waals surface area contributed by atoms with E-state index in [1.165, 1.54) is 41.7 Å². The number of rotatable bonds is 4. The number of hydrogen-bond acceptors (Lipinski definition) is 5. The van der Waals surface area contributed by atoms with E-state index in [0.717, 1.165) is 0 Å². The Hall–Kier alpha value is -0.320. The molecule has 0 atom stereocenters. The number of hydrogen-bond donors (Lipinski definition) is 0. The number of benzene rings is 1. The van der Waals surface area contributed by atoms with Crippen molar-refractivity contribution < 1.29 is 8.42 Å². The van der Waals surface area contributed by atoms with Crippen molar-refractivity contribution in [1.82, 2.24) is 0 Å². The predicted octanol–water partition coefficient (Wildman–Crippen LogP) is 4.19. The van der Waals surface area contributed by atoms with Gasteiger partial charge in [-0.15, -0.1) is 23.5 Å². The molecule has 0 fully saturated rings. The summed E-state index contributed by atoms with van der Waals surface area (Å²) in [6.07, 6.45) is 3.42. The zero-order valence-corrected chi connectivity index (χ0v) is 13.9. The van der Waals surface area contributed by atoms with Gasteiger partial charge in [-0.25, -0.2) is 8.42 Å². The van der Waals surface area contributed by atoms with Crippen molar-refractivity contribution in [3.8, 4) is 6.07 Å². The van der Waals surface area contributed by atoms with Crippen LogP contribution >= 0.6 is 46.7 Å². The van der Waals surface area contributed by atoms with Crippen molar-refractivity contribution in [1.29, 1.82) is 5.26 Å². The van der Waals surface area contributed by atoms with E-state index in [0.29, 0.717) is 9.26 Å². The summed E-state index contributed by atoms with van der Waals surface area (Å²) in [5, 5.41) is 9.45. The average molecular weight is 354 g/mol. The van der Waals surface area contributed by atoms with Crippen LogP contribution in [-0.2, 0) is 9.84 Å². The summed E-state index contributed by atoms with van der Waals surface area (Å²) in [6.45, 7) is 0. The zero-order valence-electron chi connectivity index (χ0n) is 9.98. The molecule has 0 N–H and O–H groups in total. The Balaban J connectivity index is 3.55. The van der Waals surface area contributed by atoms with Crippen LogP contribution in [0.3, 0.4) is 0 Å². The molecular formula is C11H9Cl2NO2S3. The van der Waals surface area contributed by atoms with E-state index in [2.05, 4.69) is 0 Å². The summed E-state index contributed by atoms with van der Waals surface area (Å²) in [5.74, 6) is 0. The first-order chi connectivity index (χ1) is 8.88. The summed E-state index contributed by atoms with van der Waals surface area (Å²) in [6, 6.07) is 5.80. The van der Waals surface area contributed by atoms with E-state index in [1.54, 1.807) is 18.6 Å². The molecule has 0 heterocycles. The highest BCUT2D eigenvalue weighted by Gasteiger charge is 2.26. The Labute approximate surface area is 130 Å². The SMILES string of the molecule is CSC(SC)=C(C#N)S(=O)(=O)c1ccc(Cl)cc1Cl. The molecule has 102 valence electrons. The van der Waals surface area contributed by atoms with Crippen LogP contribution in [0.4, 0.5) is 0 Å². The van der Waals surface area contributed by atoms with Gasteiger partial charge in [-0.2, -0.15) is 5.26 Å². The van der Waals surface area contributed by atoms with Crippen LogP contribution in [0.2, 0.25) is 10.0 Å². The van der Waals surface area contributed by atoms with Crippen molar-refractivity contribution in [3.05, 3.63) is 37.4 Å². The van der Waals surface area contributed by atoms with E-state index in [9.17, 15) is 8.42 Å². The maximum atomic E-state index is 12.4. The minimum Gasteiger partial charge on any atom is -0.218 e. The number of nitrogens with zero attached hydrogens (tertiary/aromatic N) is 1. The van der Waals surface area contributed by atoms with Gasteiger partial charge in [-0.05, 0) is 30.7 Å². The van der Waals surface area contributed by atoms with Gasteiger partial charge in [0.2, 0.25) is 9.84 Å². The van der Waals surface area contributed by atoms with Crippen LogP contribution in [-0.4, -0.2) is 20.9 Å². The van der Waals surface area contributed by atoms with E-state index in [-0.39, 0.29) is 14.8 Å². The maximum Gasteiger partial charge on any atom is 0.219 e. The van der Waals surface area contributed by atoms with Crippen LogP contribution in [0.25, 0.3) is 0 Å². The molecule has 0 aliphatic heterocycles. The molecule has 0 saturated heterocycles. The van der Waals surface area contributed by atoms with Crippen molar-refractivity contribution in [3.63, 3.8) is 0 Å². The number of allylic oxidation sites excluding steroid dienone is 1. The Kier molecular flexibility index (Phi) is 6.09. The van der Waals surface area contributed by atoms with Crippen LogP contribution in [0, 0.1) is 11.3 Å². The molecule has 1 aromatic rings. The van der Waals surface area contributed by atoms with Crippen LogP contribution in [0.1, 0.15) is 0 Å². The third-order valence-corrected chi connectivity index (χ3v) is 6.95. The molecule has 0 radical (unpaired) electrons. The molecule has 0 aromatic heterocycles. The average Bonchev–Trinajstić information content (AvgIpc) is 2.34. The first-order valence-electron chi connectivity index (χ1n) is 4.81. The molecule has 0 amide bonds. The van der Waals surface area contributed by atoms with Crippen molar-refractivity contribution in [2.45, 2.75) is 4.90 Å². The van der Waals surface area contributed by atoms with Gasteiger partial charge < -0.3 is 0 Å². The molecule has 3 nitrogen and oxygen atoms in total. The monoisotopic (exact) mass is 353 g/mol. The first kappa shape index (κ1) is 16.7. The lowest BCUT2D eigenvalue weighted by atomic mass is 10.4. The van der Waals surface area contributed by atoms with Gasteiger partial charge in [0.25, 0.3) is 0 Å². The number of nitriles is 1. The van der Waals surface area contributed by atoms with Crippen molar-refractivity contribution in [2.75, 3.05) is 12.5 Å². The van der Waals surface area contributed by atoms with Gasteiger partial charge in [0.1, 0.15) is 6.07 Å². The van der Waals surface area contributed by atoms with Gasteiger partial charge in [-0.3, -0.25) is 0 Å². The van der Waals surface area contributed by atoms with Crippen LogP contribution in [0.5, 0.6) is 0 Å². The lowest BCUT2D eigenvalue weighted by Crippen LogP contribution is -2.05. The van der Waals surface area contributed by atoms with E-state index in [4.69, 9.17) is 28.5 Å². The summed E-state index contributed by atoms with van der Waals surface area (Å²) in [5.41, 5.74) is 0. The maximum absolute atomic E-state index is 12.4. The largest absolute Gasteiger partial charge is 0.219 e. The summed E-state index contributed by atoms with van der Waals surface area (Å²) < 4.78 is 25.3. The molecule has 1 aromatic carbocycles. The fourth-order valence-corrected chi connectivity index (χ4v) is 5.41. The number of sulfone groups is 1. The van der Waals surface area contributed by atoms with Gasteiger partial charge in [-0.1, -0.05) is 23.2 Å². The van der Waals surface area contributed by atoms with E-state index >= 15 is 0 Å². The van der Waals surface area contributed by atoms with Gasteiger partial charge >= 0.3 is 0 Å². The van der Waals surface area contributed by atoms with Crippen LogP contribution < -0.4 is 0 Å². The molecule has 0 spiro atoms. The lowest BCUT2D eigenvalue weighted by molar-refractivity contribution is 0.603. The van der Waals surface area contributed by atoms with Gasteiger partial charge in [0.15, 0.2) is 4.91 Å². The Morgan fingerprint density at radius 3 is 2.26 bits per heavy atom. The van der Waals surface area contributed by atoms with E-state index in [1.807, 2.05) is 0 Å². The normalized spacial score (nSPS) is 10.9. The third-order valence-electron chi connectivity index (χ3n) is 2.11. The smallest absolute Gasteiger partial charge is 0.218 e. The molecule has 1 rings (SSSR count). The summed E-state index contributed by atoms with van der Waals surface area (Å²) in [4.78, 5) is -0.410. The molecule has 0 saturated carbocycles. The summed E-state index contributed by atoms with van der Waals surface area (Å²) >= 11 is 14.0. The van der Waals surface area contributed by atoms with Crippen LogP contribution in [0.15, 0.2) is 32.2 Å². The second-order valence-corrected chi connectivity index (χ2v) is 7.80. The topological polar surface area (TPSA) is 57.9 Å². The molecule has 0 aliphatic carbocycles. The highest BCUT2D eigenvalue weighted by Crippen LogP contribution is 2.35. The van der Waals surface area contributed by atoms with Crippen molar-refractivity contribution >= 4 is 56.6 Å². The van der Waals surface area contributed by atoms with Gasteiger partial charge in [0.05, 0.1) is 14.2 Å². The molecule has 0 aliphatic rings. The standard InChI is InChI=1S/C11H9Cl2NO2S3/c1-17-11(18-2)10(6-14)19(15,16)9-4-3-7(12)5-8(9)13/h3-5H,1-2H3. The molecule has 0 unspecified atom stereocenters. The Bertz CT molecular complexity index is 657. The fourth-order valence-electron chi connectivity index (χ4n) is 1.29. The lowest BCUT2D eigenvalue weighted by Gasteiger charge is -2.08. The second-order valence-electron chi connectivity index (χ2n) is 3.21. The minimum atomic E-state index is -3.94. The van der Waals surface area contributed by atoms with E-state index < -0.39 is 9.84 Å². The fraction of sp³-hybridized carbons (Fsp3) is 0.182. The highest BCUT2D eigenvalue weighted by atomic mass is 35.5. The Morgan fingerprint density at radius 2 is 1.84 bits per heavy atom. The summed E-state index contributed by atoms with van der Waals surface area (Å²) in [7, 11) is -3.94. The number of thioether (sulfide) groups is 2. The molecule has 0 bridgehead atoms. The molecule has 8 heteroatoms. The predicted molar refractivity (Wildman–Crippen MR) is 83.3 cm³/mol. The third kappa shape index (κ3) is 3.61. The molecular weight excluding hydrogens is 345 g/mol. The number of halogens is 2. The zero-order chi connectivity index (χ0) is 14.6. The Morgan fingerprint density at radius 1 is 1.26 bits per heavy atom. The quantitative estimate of drug-likeness (QED) is 0.759. The molecule has 19 heavy (non-hydrogen) atoms. The second kappa shape index (κ2) is 6.91. The first-order valence-corrected chi connectivity index (χ1v) is 9.49. The van der Waals surface area contributed by atoms with Crippen molar-refractivity contribution in [2.24, 2.45) is 0 Å². The highest BCUT2D eigenvalue weighted by molar-refractivity contribution is 8.22.